The third-order valence-electron chi connectivity index (χ3n) is 3.48. The summed E-state index contributed by atoms with van der Waals surface area (Å²) >= 11 is 0. The lowest BCUT2D eigenvalue weighted by atomic mass is 9.91. The van der Waals surface area contributed by atoms with Crippen LogP contribution >= 0.6 is 0 Å². The highest BCUT2D eigenvalue weighted by Crippen LogP contribution is 2.19. The van der Waals surface area contributed by atoms with Crippen molar-refractivity contribution in [3.63, 3.8) is 0 Å². The van der Waals surface area contributed by atoms with E-state index in [1.165, 1.54) is 0 Å². The molecule has 0 radical (unpaired) electrons. The van der Waals surface area contributed by atoms with E-state index >= 15 is 0 Å². The molecule has 2 amide bonds. The van der Waals surface area contributed by atoms with Crippen LogP contribution in [0, 0.1) is 11.3 Å². The molecular weight excluding hydrogens is 230 g/mol. The number of amides is 2. The van der Waals surface area contributed by atoms with Crippen molar-refractivity contribution in [1.82, 2.24) is 10.2 Å². The minimum absolute atomic E-state index is 0.0457. The maximum atomic E-state index is 12.4. The van der Waals surface area contributed by atoms with E-state index in [-0.39, 0.29) is 23.1 Å². The molecule has 1 heterocycles. The molecule has 5 nitrogen and oxygen atoms in total. The maximum Gasteiger partial charge on any atom is 0.227 e. The predicted octanol–water partition coefficient (Wildman–Crippen LogP) is 0.346. The number of rotatable bonds is 5. The molecule has 0 aromatic rings. The lowest BCUT2D eigenvalue weighted by Crippen LogP contribution is -2.48. The van der Waals surface area contributed by atoms with E-state index in [1.807, 2.05) is 11.8 Å². The smallest absolute Gasteiger partial charge is 0.227 e. The number of piperidine rings is 1. The van der Waals surface area contributed by atoms with Crippen molar-refractivity contribution in [2.45, 2.75) is 33.6 Å². The SMILES string of the molecule is CCN(CC(C)(C)CN)C(=O)C1CCC(=O)NC1. The third-order valence-corrected chi connectivity index (χ3v) is 3.48. The van der Waals surface area contributed by atoms with Crippen LogP contribution in [0.5, 0.6) is 0 Å². The summed E-state index contributed by atoms with van der Waals surface area (Å²) in [5.74, 6) is 0.111. The second-order valence-corrected chi connectivity index (χ2v) is 5.76. The first kappa shape index (κ1) is 15.0. The van der Waals surface area contributed by atoms with Crippen LogP contribution in [-0.2, 0) is 9.59 Å². The number of hydrogen-bond donors (Lipinski definition) is 2. The Labute approximate surface area is 109 Å². The van der Waals surface area contributed by atoms with Crippen molar-refractivity contribution in [3.05, 3.63) is 0 Å². The second-order valence-electron chi connectivity index (χ2n) is 5.76. The quantitative estimate of drug-likeness (QED) is 0.744. The fourth-order valence-corrected chi connectivity index (χ4v) is 2.13. The first-order valence-corrected chi connectivity index (χ1v) is 6.65. The maximum absolute atomic E-state index is 12.4. The average molecular weight is 255 g/mol. The molecular formula is C13H25N3O2. The topological polar surface area (TPSA) is 75.4 Å². The zero-order valence-electron chi connectivity index (χ0n) is 11.7. The largest absolute Gasteiger partial charge is 0.355 e. The first-order valence-electron chi connectivity index (χ1n) is 6.65. The lowest BCUT2D eigenvalue weighted by molar-refractivity contribution is -0.138. The zero-order valence-corrected chi connectivity index (χ0v) is 11.7. The summed E-state index contributed by atoms with van der Waals surface area (Å²) in [5, 5.41) is 2.76. The monoisotopic (exact) mass is 255 g/mol. The minimum Gasteiger partial charge on any atom is -0.355 e. The van der Waals surface area contributed by atoms with Crippen molar-refractivity contribution in [2.24, 2.45) is 17.1 Å². The van der Waals surface area contributed by atoms with Crippen LogP contribution in [0.4, 0.5) is 0 Å². The van der Waals surface area contributed by atoms with Gasteiger partial charge in [-0.2, -0.15) is 0 Å². The van der Waals surface area contributed by atoms with E-state index in [9.17, 15) is 9.59 Å². The summed E-state index contributed by atoms with van der Waals surface area (Å²) in [7, 11) is 0. The fourth-order valence-electron chi connectivity index (χ4n) is 2.13. The Morgan fingerprint density at radius 2 is 2.22 bits per heavy atom. The van der Waals surface area contributed by atoms with Crippen molar-refractivity contribution in [3.8, 4) is 0 Å². The third kappa shape index (κ3) is 3.98. The summed E-state index contributed by atoms with van der Waals surface area (Å²) in [6.07, 6.45) is 1.11. The number of nitrogens with two attached hydrogens (primary N) is 1. The molecule has 1 atom stereocenters. The molecule has 1 aliphatic heterocycles. The highest BCUT2D eigenvalue weighted by atomic mass is 16.2. The van der Waals surface area contributed by atoms with Crippen LogP contribution in [0.1, 0.15) is 33.6 Å². The Bertz CT molecular complexity index is 305. The van der Waals surface area contributed by atoms with E-state index in [0.717, 1.165) is 0 Å². The molecule has 104 valence electrons. The van der Waals surface area contributed by atoms with Gasteiger partial charge >= 0.3 is 0 Å². The van der Waals surface area contributed by atoms with E-state index < -0.39 is 0 Å². The molecule has 0 spiro atoms. The summed E-state index contributed by atoms with van der Waals surface area (Å²) in [4.78, 5) is 25.3. The molecule has 1 unspecified atom stereocenters. The fraction of sp³-hybridized carbons (Fsp3) is 0.846. The highest BCUT2D eigenvalue weighted by Gasteiger charge is 2.30. The Hall–Kier alpha value is -1.10. The van der Waals surface area contributed by atoms with Gasteiger partial charge in [-0.3, -0.25) is 9.59 Å². The van der Waals surface area contributed by atoms with Crippen molar-refractivity contribution < 1.29 is 9.59 Å². The van der Waals surface area contributed by atoms with Gasteiger partial charge < -0.3 is 16.0 Å². The molecule has 0 aromatic heterocycles. The van der Waals surface area contributed by atoms with E-state index in [4.69, 9.17) is 5.73 Å². The molecule has 1 fully saturated rings. The Morgan fingerprint density at radius 3 is 2.67 bits per heavy atom. The molecule has 5 heteroatoms. The molecule has 1 aliphatic rings. The summed E-state index contributed by atoms with van der Waals surface area (Å²) < 4.78 is 0. The number of nitrogens with one attached hydrogen (secondary N) is 1. The van der Waals surface area contributed by atoms with Gasteiger partial charge in [0, 0.05) is 26.1 Å². The standard InChI is InChI=1S/C13H25N3O2/c1-4-16(9-13(2,3)8-14)12(18)10-5-6-11(17)15-7-10/h10H,4-9,14H2,1-3H3,(H,15,17). The number of carbonyl (C=O) groups excluding carboxylic acids is 2. The predicted molar refractivity (Wildman–Crippen MR) is 70.8 cm³/mol. The van der Waals surface area contributed by atoms with Crippen LogP contribution < -0.4 is 11.1 Å². The van der Waals surface area contributed by atoms with Crippen LogP contribution in [-0.4, -0.2) is 42.9 Å². The molecule has 3 N–H and O–H groups in total. The molecule has 0 aromatic carbocycles. The average Bonchev–Trinajstić information content (AvgIpc) is 2.36. The molecule has 1 saturated heterocycles. The van der Waals surface area contributed by atoms with Crippen molar-refractivity contribution >= 4 is 11.8 Å². The Kier molecular flexibility index (Phi) is 5.14. The van der Waals surface area contributed by atoms with Crippen LogP contribution in [0.15, 0.2) is 0 Å². The number of nitrogens with zero attached hydrogens (tertiary/aromatic N) is 1. The van der Waals surface area contributed by atoms with Gasteiger partial charge in [-0.1, -0.05) is 13.8 Å². The van der Waals surface area contributed by atoms with E-state index in [1.54, 1.807) is 0 Å². The lowest BCUT2D eigenvalue weighted by Gasteiger charge is -2.34. The summed E-state index contributed by atoms with van der Waals surface area (Å²) in [5.41, 5.74) is 5.65. The molecule has 18 heavy (non-hydrogen) atoms. The van der Waals surface area contributed by atoms with Crippen LogP contribution in [0.25, 0.3) is 0 Å². The first-order chi connectivity index (χ1) is 8.39. The molecule has 0 bridgehead atoms. The number of carbonyl (C=O) groups is 2. The van der Waals surface area contributed by atoms with Gasteiger partial charge in [0.05, 0.1) is 5.92 Å². The number of hydrogen-bond acceptors (Lipinski definition) is 3. The van der Waals surface area contributed by atoms with Gasteiger partial charge in [0.1, 0.15) is 0 Å². The Morgan fingerprint density at radius 1 is 1.56 bits per heavy atom. The summed E-state index contributed by atoms with van der Waals surface area (Å²) in [6, 6.07) is 0. The normalized spacial score (nSPS) is 20.4. The van der Waals surface area contributed by atoms with E-state index in [2.05, 4.69) is 19.2 Å². The molecule has 1 rings (SSSR count). The van der Waals surface area contributed by atoms with Gasteiger partial charge in [-0.15, -0.1) is 0 Å². The zero-order chi connectivity index (χ0) is 13.8. The van der Waals surface area contributed by atoms with Gasteiger partial charge in [0.2, 0.25) is 11.8 Å². The molecule has 0 saturated carbocycles. The summed E-state index contributed by atoms with van der Waals surface area (Å²) in [6.45, 7) is 8.48. The van der Waals surface area contributed by atoms with Crippen molar-refractivity contribution in [2.75, 3.05) is 26.2 Å². The second kappa shape index (κ2) is 6.18. The van der Waals surface area contributed by atoms with Gasteiger partial charge in [0.15, 0.2) is 0 Å². The van der Waals surface area contributed by atoms with E-state index in [0.29, 0.717) is 39.0 Å². The van der Waals surface area contributed by atoms with Crippen LogP contribution in [0.3, 0.4) is 0 Å². The van der Waals surface area contributed by atoms with Gasteiger partial charge in [-0.25, -0.2) is 0 Å². The minimum atomic E-state index is -0.0729. The van der Waals surface area contributed by atoms with Gasteiger partial charge in [0.25, 0.3) is 0 Å². The molecule has 0 aliphatic carbocycles. The van der Waals surface area contributed by atoms with Crippen LogP contribution in [0.2, 0.25) is 0 Å². The van der Waals surface area contributed by atoms with Crippen molar-refractivity contribution in [1.29, 1.82) is 0 Å². The Balaban J connectivity index is 2.59. The van der Waals surface area contributed by atoms with Gasteiger partial charge in [-0.05, 0) is 25.3 Å². The highest BCUT2D eigenvalue weighted by molar-refractivity contribution is 5.83.